The molecule has 0 aromatic heterocycles. The number of carbonyl (C=O) groups is 2. The maximum atomic E-state index is 11.7. The molecule has 1 aliphatic heterocycles. The third-order valence-electron chi connectivity index (χ3n) is 3.17. The van der Waals surface area contributed by atoms with Crippen LogP contribution in [-0.2, 0) is 4.79 Å². The summed E-state index contributed by atoms with van der Waals surface area (Å²) in [5, 5.41) is 5.91. The molecule has 5 nitrogen and oxygen atoms in total. The van der Waals surface area contributed by atoms with E-state index in [4.69, 9.17) is 0 Å². The third kappa shape index (κ3) is 2.93. The van der Waals surface area contributed by atoms with E-state index in [1.54, 1.807) is 6.07 Å². The number of amides is 3. The van der Waals surface area contributed by atoms with Crippen LogP contribution < -0.4 is 15.5 Å². The summed E-state index contributed by atoms with van der Waals surface area (Å²) >= 11 is 0. The Morgan fingerprint density at radius 3 is 2.84 bits per heavy atom. The molecule has 1 atom stereocenters. The van der Waals surface area contributed by atoms with E-state index in [1.807, 2.05) is 18.2 Å². The largest absolute Gasteiger partial charge is 0.329 e. The van der Waals surface area contributed by atoms with Gasteiger partial charge in [-0.15, -0.1) is 0 Å². The van der Waals surface area contributed by atoms with E-state index in [9.17, 15) is 9.59 Å². The van der Waals surface area contributed by atoms with E-state index < -0.39 is 0 Å². The number of hydrogen-bond acceptors (Lipinski definition) is 3. The molecule has 1 aromatic carbocycles. The Morgan fingerprint density at radius 2 is 2.21 bits per heavy atom. The lowest BCUT2D eigenvalue weighted by molar-refractivity contribution is -0.115. The average molecular weight is 261 g/mol. The van der Waals surface area contributed by atoms with Gasteiger partial charge in [-0.25, -0.2) is 9.69 Å². The first-order valence-electron chi connectivity index (χ1n) is 6.57. The van der Waals surface area contributed by atoms with Gasteiger partial charge >= 0.3 is 6.03 Å². The van der Waals surface area contributed by atoms with E-state index >= 15 is 0 Å². The van der Waals surface area contributed by atoms with Crippen LogP contribution in [0.3, 0.4) is 0 Å². The SMILES string of the molecule is CCCNC(C)c1cccc(N2C(=O)CNC2=O)c1. The van der Waals surface area contributed by atoms with Gasteiger partial charge in [-0.05, 0) is 37.6 Å². The van der Waals surface area contributed by atoms with E-state index in [0.717, 1.165) is 18.5 Å². The second kappa shape index (κ2) is 5.84. The Bertz CT molecular complexity index is 471. The van der Waals surface area contributed by atoms with Gasteiger partial charge in [0.25, 0.3) is 5.91 Å². The molecule has 2 rings (SSSR count). The fraction of sp³-hybridized carbons (Fsp3) is 0.429. The number of carbonyl (C=O) groups excluding carboxylic acids is 2. The summed E-state index contributed by atoms with van der Waals surface area (Å²) in [6, 6.07) is 7.37. The molecule has 1 aromatic rings. The van der Waals surface area contributed by atoms with Gasteiger partial charge in [0, 0.05) is 6.04 Å². The number of hydrogen-bond donors (Lipinski definition) is 2. The normalized spacial score (nSPS) is 16.6. The number of urea groups is 1. The smallest absolute Gasteiger partial charge is 0.328 e. The van der Waals surface area contributed by atoms with Crippen molar-refractivity contribution in [3.05, 3.63) is 29.8 Å². The summed E-state index contributed by atoms with van der Waals surface area (Å²) in [5.41, 5.74) is 1.70. The van der Waals surface area contributed by atoms with Crippen LogP contribution in [0.15, 0.2) is 24.3 Å². The van der Waals surface area contributed by atoms with Gasteiger partial charge in [0.1, 0.15) is 0 Å². The minimum atomic E-state index is -0.351. The van der Waals surface area contributed by atoms with Crippen molar-refractivity contribution < 1.29 is 9.59 Å². The predicted octanol–water partition coefficient (Wildman–Crippen LogP) is 1.80. The fourth-order valence-corrected chi connectivity index (χ4v) is 2.10. The summed E-state index contributed by atoms with van der Waals surface area (Å²) in [4.78, 5) is 24.5. The molecule has 1 fully saturated rings. The van der Waals surface area contributed by atoms with Crippen LogP contribution in [0.1, 0.15) is 31.9 Å². The minimum Gasteiger partial charge on any atom is -0.328 e. The number of anilines is 1. The van der Waals surface area contributed by atoms with Gasteiger partial charge in [-0.1, -0.05) is 19.1 Å². The molecule has 3 amide bonds. The highest BCUT2D eigenvalue weighted by molar-refractivity contribution is 6.19. The zero-order valence-electron chi connectivity index (χ0n) is 11.3. The van der Waals surface area contributed by atoms with Crippen LogP contribution in [0.5, 0.6) is 0 Å². The van der Waals surface area contributed by atoms with E-state index in [0.29, 0.717) is 5.69 Å². The standard InChI is InChI=1S/C14H19N3O2/c1-3-7-15-10(2)11-5-4-6-12(8-11)17-13(18)9-16-14(17)19/h4-6,8,10,15H,3,7,9H2,1-2H3,(H,16,19). The summed E-state index contributed by atoms with van der Waals surface area (Å²) in [6.45, 7) is 5.20. The number of imide groups is 1. The molecular weight excluding hydrogens is 242 g/mol. The maximum Gasteiger partial charge on any atom is 0.329 e. The van der Waals surface area contributed by atoms with Crippen molar-refractivity contribution in [1.82, 2.24) is 10.6 Å². The zero-order valence-corrected chi connectivity index (χ0v) is 11.3. The number of rotatable bonds is 5. The highest BCUT2D eigenvalue weighted by Crippen LogP contribution is 2.22. The summed E-state index contributed by atoms with van der Waals surface area (Å²) < 4.78 is 0. The van der Waals surface area contributed by atoms with Crippen molar-refractivity contribution in [2.75, 3.05) is 18.0 Å². The average Bonchev–Trinajstić information content (AvgIpc) is 2.75. The molecule has 2 N–H and O–H groups in total. The molecule has 0 saturated carbocycles. The highest BCUT2D eigenvalue weighted by Gasteiger charge is 2.30. The molecule has 0 spiro atoms. The van der Waals surface area contributed by atoms with Crippen LogP contribution in [0.4, 0.5) is 10.5 Å². The summed E-state index contributed by atoms with van der Waals surface area (Å²) in [6.07, 6.45) is 1.07. The molecule has 0 aliphatic carbocycles. The fourth-order valence-electron chi connectivity index (χ4n) is 2.10. The molecule has 1 aliphatic rings. The zero-order chi connectivity index (χ0) is 13.8. The van der Waals surface area contributed by atoms with Crippen molar-refractivity contribution in [1.29, 1.82) is 0 Å². The lowest BCUT2D eigenvalue weighted by atomic mass is 10.1. The summed E-state index contributed by atoms with van der Waals surface area (Å²) in [7, 11) is 0. The predicted molar refractivity (Wildman–Crippen MR) is 74.0 cm³/mol. The Hall–Kier alpha value is -1.88. The monoisotopic (exact) mass is 261 g/mol. The lowest BCUT2D eigenvalue weighted by Gasteiger charge is -2.17. The van der Waals surface area contributed by atoms with Gasteiger partial charge in [-0.3, -0.25) is 4.79 Å². The van der Waals surface area contributed by atoms with Gasteiger partial charge in [0.2, 0.25) is 0 Å². The van der Waals surface area contributed by atoms with Crippen molar-refractivity contribution in [3.63, 3.8) is 0 Å². The minimum absolute atomic E-state index is 0.0761. The third-order valence-corrected chi connectivity index (χ3v) is 3.17. The second-order valence-corrected chi connectivity index (χ2v) is 4.66. The summed E-state index contributed by atoms with van der Waals surface area (Å²) in [5.74, 6) is -0.212. The molecule has 0 bridgehead atoms. The highest BCUT2D eigenvalue weighted by atomic mass is 16.2. The molecular formula is C14H19N3O2. The molecule has 19 heavy (non-hydrogen) atoms. The Morgan fingerprint density at radius 1 is 1.42 bits per heavy atom. The topological polar surface area (TPSA) is 61.4 Å². The van der Waals surface area contributed by atoms with Gasteiger partial charge in [0.05, 0.1) is 12.2 Å². The lowest BCUT2D eigenvalue weighted by Crippen LogP contribution is -2.30. The number of benzene rings is 1. The molecule has 1 saturated heterocycles. The van der Waals surface area contributed by atoms with E-state index in [1.165, 1.54) is 4.90 Å². The number of nitrogens with zero attached hydrogens (tertiary/aromatic N) is 1. The Balaban J connectivity index is 2.19. The van der Waals surface area contributed by atoms with Crippen molar-refractivity contribution in [2.24, 2.45) is 0 Å². The van der Waals surface area contributed by atoms with Crippen LogP contribution >= 0.6 is 0 Å². The van der Waals surface area contributed by atoms with Crippen LogP contribution in [0, 0.1) is 0 Å². The molecule has 1 unspecified atom stereocenters. The van der Waals surface area contributed by atoms with Gasteiger partial charge < -0.3 is 10.6 Å². The van der Waals surface area contributed by atoms with Crippen molar-refractivity contribution in [3.8, 4) is 0 Å². The molecule has 0 radical (unpaired) electrons. The molecule has 102 valence electrons. The maximum absolute atomic E-state index is 11.7. The van der Waals surface area contributed by atoms with Crippen LogP contribution in [0.2, 0.25) is 0 Å². The molecule has 5 heteroatoms. The quantitative estimate of drug-likeness (QED) is 0.795. The molecule has 1 heterocycles. The van der Waals surface area contributed by atoms with Crippen molar-refractivity contribution >= 4 is 17.6 Å². The second-order valence-electron chi connectivity index (χ2n) is 4.66. The van der Waals surface area contributed by atoms with Crippen molar-refractivity contribution in [2.45, 2.75) is 26.3 Å². The van der Waals surface area contributed by atoms with Crippen LogP contribution in [-0.4, -0.2) is 25.0 Å². The Kier molecular flexibility index (Phi) is 4.16. The Labute approximate surface area is 113 Å². The first-order valence-corrected chi connectivity index (χ1v) is 6.57. The van der Waals surface area contributed by atoms with Gasteiger partial charge in [-0.2, -0.15) is 0 Å². The van der Waals surface area contributed by atoms with Gasteiger partial charge in [0.15, 0.2) is 0 Å². The van der Waals surface area contributed by atoms with E-state index in [-0.39, 0.29) is 24.5 Å². The van der Waals surface area contributed by atoms with E-state index in [2.05, 4.69) is 24.5 Å². The van der Waals surface area contributed by atoms with Crippen LogP contribution in [0.25, 0.3) is 0 Å². The first-order chi connectivity index (χ1) is 9.13. The number of nitrogens with one attached hydrogen (secondary N) is 2. The first kappa shape index (κ1) is 13.5.